The fourth-order valence-corrected chi connectivity index (χ4v) is 5.04. The Morgan fingerprint density at radius 3 is 3.00 bits per heavy atom. The fourth-order valence-electron chi connectivity index (χ4n) is 3.76. The molecule has 3 heterocycles. The number of aromatic nitrogens is 3. The summed E-state index contributed by atoms with van der Waals surface area (Å²) in [6.07, 6.45) is 11.9. The van der Waals surface area contributed by atoms with Gasteiger partial charge in [-0.1, -0.05) is 0 Å². The lowest BCUT2D eigenvalue weighted by atomic mass is 9.98. The third-order valence-electron chi connectivity index (χ3n) is 4.88. The van der Waals surface area contributed by atoms with E-state index in [4.69, 9.17) is 4.98 Å². The van der Waals surface area contributed by atoms with E-state index in [1.54, 1.807) is 4.88 Å². The predicted octanol–water partition coefficient (Wildman–Crippen LogP) is 3.14. The van der Waals surface area contributed by atoms with Crippen molar-refractivity contribution < 1.29 is 0 Å². The van der Waals surface area contributed by atoms with Crippen molar-refractivity contribution in [2.75, 3.05) is 13.1 Å². The number of aryl methyl sites for hydroxylation is 3. The fraction of sp³-hybridized carbons (Fsp3) is 0.647. The smallest absolute Gasteiger partial charge is 0.0974 e. The van der Waals surface area contributed by atoms with Crippen LogP contribution in [0.2, 0.25) is 0 Å². The van der Waals surface area contributed by atoms with Crippen LogP contribution in [-0.4, -0.2) is 32.8 Å². The molecule has 0 bridgehead atoms. The van der Waals surface area contributed by atoms with Crippen molar-refractivity contribution in [1.29, 1.82) is 0 Å². The number of likely N-dealkylation sites (tertiary alicyclic amines) is 1. The maximum atomic E-state index is 5.00. The van der Waals surface area contributed by atoms with E-state index in [1.165, 1.54) is 61.3 Å². The summed E-state index contributed by atoms with van der Waals surface area (Å²) in [5.74, 6) is 0.640. The molecule has 0 spiro atoms. The van der Waals surface area contributed by atoms with Crippen LogP contribution in [0.15, 0.2) is 12.4 Å². The molecule has 0 radical (unpaired) electrons. The van der Waals surface area contributed by atoms with Gasteiger partial charge in [0.2, 0.25) is 0 Å². The summed E-state index contributed by atoms with van der Waals surface area (Å²) in [4.78, 5) is 9.15. The van der Waals surface area contributed by atoms with E-state index in [0.29, 0.717) is 5.92 Å². The maximum absolute atomic E-state index is 5.00. The SMILES string of the molecule is Cn1cc(CN2CCC[C@@H](c3nc4c(s3)CCCC4)C2)cn1. The van der Waals surface area contributed by atoms with Crippen LogP contribution in [0.3, 0.4) is 0 Å². The summed E-state index contributed by atoms with van der Waals surface area (Å²) in [5, 5.41) is 5.69. The van der Waals surface area contributed by atoms with Crippen molar-refractivity contribution in [3.05, 3.63) is 33.5 Å². The third kappa shape index (κ3) is 2.97. The number of piperidine rings is 1. The Labute approximate surface area is 136 Å². The van der Waals surface area contributed by atoms with Crippen molar-refractivity contribution in [1.82, 2.24) is 19.7 Å². The molecule has 22 heavy (non-hydrogen) atoms. The lowest BCUT2D eigenvalue weighted by Gasteiger charge is -2.31. The van der Waals surface area contributed by atoms with Crippen LogP contribution >= 0.6 is 11.3 Å². The summed E-state index contributed by atoms with van der Waals surface area (Å²) < 4.78 is 1.89. The quantitative estimate of drug-likeness (QED) is 0.872. The summed E-state index contributed by atoms with van der Waals surface area (Å²) in [5.41, 5.74) is 2.73. The van der Waals surface area contributed by atoms with Gasteiger partial charge < -0.3 is 0 Å². The molecule has 1 atom stereocenters. The molecule has 118 valence electrons. The normalized spacial score (nSPS) is 22.7. The summed E-state index contributed by atoms with van der Waals surface area (Å²) >= 11 is 2.00. The molecule has 4 nitrogen and oxygen atoms in total. The van der Waals surface area contributed by atoms with Crippen LogP contribution in [0.25, 0.3) is 0 Å². The van der Waals surface area contributed by atoms with E-state index in [1.807, 2.05) is 29.3 Å². The minimum absolute atomic E-state index is 0.640. The largest absolute Gasteiger partial charge is 0.298 e. The molecule has 0 N–H and O–H groups in total. The summed E-state index contributed by atoms with van der Waals surface area (Å²) in [7, 11) is 1.99. The maximum Gasteiger partial charge on any atom is 0.0974 e. The molecule has 1 aliphatic heterocycles. The van der Waals surface area contributed by atoms with Gasteiger partial charge in [0.15, 0.2) is 0 Å². The molecule has 1 aliphatic carbocycles. The molecule has 0 saturated carbocycles. The lowest BCUT2D eigenvalue weighted by Crippen LogP contribution is -2.33. The summed E-state index contributed by atoms with van der Waals surface area (Å²) in [6.45, 7) is 3.38. The third-order valence-corrected chi connectivity index (χ3v) is 6.20. The number of hydrogen-bond acceptors (Lipinski definition) is 4. The number of hydrogen-bond donors (Lipinski definition) is 0. The highest BCUT2D eigenvalue weighted by Gasteiger charge is 2.26. The van der Waals surface area contributed by atoms with Gasteiger partial charge in [-0.2, -0.15) is 5.10 Å². The first-order valence-corrected chi connectivity index (χ1v) is 9.28. The minimum atomic E-state index is 0.640. The molecule has 1 saturated heterocycles. The van der Waals surface area contributed by atoms with Gasteiger partial charge in [-0.15, -0.1) is 11.3 Å². The minimum Gasteiger partial charge on any atom is -0.298 e. The average molecular weight is 316 g/mol. The van der Waals surface area contributed by atoms with Gasteiger partial charge >= 0.3 is 0 Å². The monoisotopic (exact) mass is 316 g/mol. The molecule has 0 aromatic carbocycles. The van der Waals surface area contributed by atoms with E-state index in [2.05, 4.69) is 16.2 Å². The Morgan fingerprint density at radius 2 is 2.18 bits per heavy atom. The molecular weight excluding hydrogens is 292 g/mol. The molecule has 5 heteroatoms. The molecule has 4 rings (SSSR count). The van der Waals surface area contributed by atoms with Crippen molar-refractivity contribution in [2.45, 2.75) is 51.0 Å². The first-order valence-electron chi connectivity index (χ1n) is 8.46. The van der Waals surface area contributed by atoms with E-state index >= 15 is 0 Å². The van der Waals surface area contributed by atoms with Crippen LogP contribution in [0.4, 0.5) is 0 Å². The van der Waals surface area contributed by atoms with Gasteiger partial charge in [0.1, 0.15) is 0 Å². The lowest BCUT2D eigenvalue weighted by molar-refractivity contribution is 0.200. The second-order valence-electron chi connectivity index (χ2n) is 6.73. The predicted molar refractivity (Wildman–Crippen MR) is 89.2 cm³/mol. The van der Waals surface area contributed by atoms with Crippen LogP contribution < -0.4 is 0 Å². The highest BCUT2D eigenvalue weighted by Crippen LogP contribution is 2.34. The molecule has 0 unspecified atom stereocenters. The molecule has 0 amide bonds. The molecular formula is C17H24N4S. The Morgan fingerprint density at radius 1 is 1.27 bits per heavy atom. The highest BCUT2D eigenvalue weighted by atomic mass is 32.1. The number of rotatable bonds is 3. The van der Waals surface area contributed by atoms with Crippen LogP contribution in [0.5, 0.6) is 0 Å². The summed E-state index contributed by atoms with van der Waals surface area (Å²) in [6, 6.07) is 0. The van der Waals surface area contributed by atoms with E-state index in [9.17, 15) is 0 Å². The zero-order chi connectivity index (χ0) is 14.9. The van der Waals surface area contributed by atoms with Crippen LogP contribution in [-0.2, 0) is 26.4 Å². The van der Waals surface area contributed by atoms with Gasteiger partial charge in [-0.3, -0.25) is 9.58 Å². The van der Waals surface area contributed by atoms with Crippen molar-refractivity contribution in [2.24, 2.45) is 7.05 Å². The molecule has 2 aromatic heterocycles. The topological polar surface area (TPSA) is 34.0 Å². The molecule has 2 aliphatic rings. The van der Waals surface area contributed by atoms with Crippen molar-refractivity contribution in [3.8, 4) is 0 Å². The number of thiazole rings is 1. The second kappa shape index (κ2) is 6.13. The Balaban J connectivity index is 1.45. The van der Waals surface area contributed by atoms with E-state index < -0.39 is 0 Å². The first-order chi connectivity index (χ1) is 10.8. The number of fused-ring (bicyclic) bond motifs is 1. The highest BCUT2D eigenvalue weighted by molar-refractivity contribution is 7.11. The van der Waals surface area contributed by atoms with Crippen LogP contribution in [0.1, 0.15) is 52.7 Å². The van der Waals surface area contributed by atoms with Gasteiger partial charge in [0, 0.05) is 42.7 Å². The van der Waals surface area contributed by atoms with Gasteiger partial charge in [0.05, 0.1) is 16.9 Å². The second-order valence-corrected chi connectivity index (χ2v) is 7.84. The first kappa shape index (κ1) is 14.4. The molecule has 2 aromatic rings. The Kier molecular flexibility index (Phi) is 4.01. The average Bonchev–Trinajstić information content (AvgIpc) is 3.13. The van der Waals surface area contributed by atoms with Gasteiger partial charge in [0.25, 0.3) is 0 Å². The Bertz CT molecular complexity index is 621. The van der Waals surface area contributed by atoms with E-state index in [-0.39, 0.29) is 0 Å². The zero-order valence-corrected chi connectivity index (χ0v) is 14.1. The van der Waals surface area contributed by atoms with Gasteiger partial charge in [-0.25, -0.2) is 4.98 Å². The van der Waals surface area contributed by atoms with Crippen molar-refractivity contribution in [3.63, 3.8) is 0 Å². The van der Waals surface area contributed by atoms with Crippen molar-refractivity contribution >= 4 is 11.3 Å². The molecule has 1 fully saturated rings. The van der Waals surface area contributed by atoms with E-state index in [0.717, 1.165) is 13.1 Å². The Hall–Kier alpha value is -1.20. The standard InChI is InChI=1S/C17H24N4S/c1-20-10-13(9-18-20)11-21-8-4-5-14(12-21)17-19-15-6-2-3-7-16(15)22-17/h9-10,14H,2-8,11-12H2,1H3/t14-/m1/s1. The number of nitrogens with zero attached hydrogens (tertiary/aromatic N) is 4. The zero-order valence-electron chi connectivity index (χ0n) is 13.3. The van der Waals surface area contributed by atoms with Crippen LogP contribution in [0, 0.1) is 0 Å². The van der Waals surface area contributed by atoms with Gasteiger partial charge in [-0.05, 0) is 45.1 Å².